The van der Waals surface area contributed by atoms with Gasteiger partial charge >= 0.3 is 0 Å². The van der Waals surface area contributed by atoms with E-state index in [-0.39, 0.29) is 23.7 Å². The van der Waals surface area contributed by atoms with E-state index in [4.69, 9.17) is 14.2 Å². The highest BCUT2D eigenvalue weighted by molar-refractivity contribution is 6.23. The highest BCUT2D eigenvalue weighted by atomic mass is 16.5. The van der Waals surface area contributed by atoms with Gasteiger partial charge in [-0.15, -0.1) is 0 Å². The largest absolute Gasteiger partial charge is 0.494 e. The van der Waals surface area contributed by atoms with Crippen molar-refractivity contribution in [3.05, 3.63) is 96.6 Å². The number of carbonyl (C=O) groups excluding carboxylic acids is 3. The summed E-state index contributed by atoms with van der Waals surface area (Å²) in [6, 6.07) is 16.6. The maximum absolute atomic E-state index is 13.1. The summed E-state index contributed by atoms with van der Waals surface area (Å²) in [7, 11) is 0. The minimum absolute atomic E-state index is 0.135. The van der Waals surface area contributed by atoms with Gasteiger partial charge in [0.05, 0.1) is 29.9 Å². The van der Waals surface area contributed by atoms with E-state index < -0.39 is 17.9 Å². The van der Waals surface area contributed by atoms with Crippen LogP contribution in [0.2, 0.25) is 0 Å². The molecule has 1 atom stereocenters. The van der Waals surface area contributed by atoms with Gasteiger partial charge in [0.15, 0.2) is 0 Å². The normalized spacial score (nSPS) is 21.7. The smallest absolute Gasteiger partial charge is 0.262 e. The fourth-order valence-electron chi connectivity index (χ4n) is 8.41. The molecule has 2 N–H and O–H groups in total. The number of hydrogen-bond acceptors (Lipinski definition) is 9. The number of fused-ring (bicyclic) bond motifs is 4. The summed E-state index contributed by atoms with van der Waals surface area (Å²) in [4.78, 5) is 54.5. The number of nitrogens with one attached hydrogen (secondary N) is 2. The molecule has 5 aromatic rings. The Bertz CT molecular complexity index is 2290. The number of rotatable bonds is 13. The first-order valence-electron chi connectivity index (χ1n) is 19.9. The molecule has 1 unspecified atom stereocenters. The minimum Gasteiger partial charge on any atom is -0.494 e. The number of unbranched alkanes of at least 4 members (excludes halogenated alkanes) is 2. The Hall–Kier alpha value is -5.59. The molecule has 288 valence electrons. The van der Waals surface area contributed by atoms with Crippen LogP contribution in [-0.4, -0.2) is 93.1 Å². The van der Waals surface area contributed by atoms with Crippen LogP contribution in [0.5, 0.6) is 11.6 Å². The van der Waals surface area contributed by atoms with E-state index >= 15 is 0 Å². The van der Waals surface area contributed by atoms with Crippen molar-refractivity contribution in [2.45, 2.75) is 82.1 Å². The van der Waals surface area contributed by atoms with Crippen molar-refractivity contribution in [2.24, 2.45) is 0 Å². The summed E-state index contributed by atoms with van der Waals surface area (Å²) in [6.07, 6.45) is 14.1. The number of H-pyrrole nitrogens is 1. The molecule has 1 aliphatic carbocycles. The van der Waals surface area contributed by atoms with E-state index in [0.29, 0.717) is 48.4 Å². The van der Waals surface area contributed by atoms with Crippen molar-refractivity contribution < 1.29 is 28.6 Å². The van der Waals surface area contributed by atoms with Gasteiger partial charge in [-0.3, -0.25) is 24.3 Å². The van der Waals surface area contributed by atoms with Crippen LogP contribution in [0.1, 0.15) is 78.5 Å². The number of ether oxygens (including phenoxy) is 3. The molecule has 3 aliphatic heterocycles. The van der Waals surface area contributed by atoms with E-state index in [1.165, 1.54) is 0 Å². The average molecular weight is 755 g/mol. The summed E-state index contributed by atoms with van der Waals surface area (Å²) in [6.45, 7) is 7.46. The number of carbonyl (C=O) groups is 3. The van der Waals surface area contributed by atoms with Gasteiger partial charge in [-0.05, 0) is 93.5 Å². The summed E-state index contributed by atoms with van der Waals surface area (Å²) in [5.41, 5.74) is 5.52. The van der Waals surface area contributed by atoms with Crippen molar-refractivity contribution in [3.63, 3.8) is 0 Å². The molecule has 3 amide bonds. The molecular weight excluding hydrogens is 709 g/mol. The van der Waals surface area contributed by atoms with Crippen molar-refractivity contribution in [3.8, 4) is 22.8 Å². The third-order valence-electron chi connectivity index (χ3n) is 11.6. The molecule has 3 fully saturated rings. The monoisotopic (exact) mass is 754 g/mol. The Morgan fingerprint density at radius 3 is 2.45 bits per heavy atom. The average Bonchev–Trinajstić information content (AvgIpc) is 3.69. The Balaban J connectivity index is 0.644. The van der Waals surface area contributed by atoms with Gasteiger partial charge in [0.1, 0.15) is 17.9 Å². The highest BCUT2D eigenvalue weighted by Gasteiger charge is 2.44. The number of amides is 3. The zero-order valence-electron chi connectivity index (χ0n) is 31.4. The summed E-state index contributed by atoms with van der Waals surface area (Å²) < 4.78 is 18.6. The summed E-state index contributed by atoms with van der Waals surface area (Å²) in [5, 5.41) is 4.95. The van der Waals surface area contributed by atoms with E-state index in [1.54, 1.807) is 24.4 Å². The lowest BCUT2D eigenvalue weighted by Gasteiger charge is -2.39. The number of likely N-dealkylation sites (tertiary alicyclic amines) is 1. The van der Waals surface area contributed by atoms with Gasteiger partial charge in [-0.25, -0.2) is 4.98 Å². The summed E-state index contributed by atoms with van der Waals surface area (Å²) >= 11 is 0. The number of piperidine rings is 2. The second kappa shape index (κ2) is 15.5. The van der Waals surface area contributed by atoms with E-state index in [9.17, 15) is 14.4 Å². The molecule has 56 heavy (non-hydrogen) atoms. The maximum atomic E-state index is 13.1. The fourth-order valence-corrected chi connectivity index (χ4v) is 8.41. The Labute approximate surface area is 325 Å². The van der Waals surface area contributed by atoms with Crippen molar-refractivity contribution in [1.29, 1.82) is 0 Å². The molecule has 4 aliphatic rings. The quantitative estimate of drug-likeness (QED) is 0.0981. The second-order valence-electron chi connectivity index (χ2n) is 15.4. The van der Waals surface area contributed by atoms with Gasteiger partial charge in [-0.2, -0.15) is 0 Å². The Morgan fingerprint density at radius 1 is 0.786 bits per heavy atom. The lowest BCUT2D eigenvalue weighted by atomic mass is 9.91. The van der Waals surface area contributed by atoms with Crippen LogP contribution in [0.4, 0.5) is 0 Å². The number of hydrogen-bond donors (Lipinski definition) is 2. The van der Waals surface area contributed by atoms with Crippen molar-refractivity contribution in [2.75, 3.05) is 26.2 Å². The van der Waals surface area contributed by atoms with Crippen LogP contribution in [0.3, 0.4) is 0 Å². The molecule has 12 heteroatoms. The van der Waals surface area contributed by atoms with Crippen LogP contribution >= 0.6 is 0 Å². The molecule has 0 bridgehead atoms. The van der Waals surface area contributed by atoms with Crippen LogP contribution in [0, 0.1) is 0 Å². The molecule has 2 aromatic carbocycles. The standard InChI is InChI=1S/C44H46N6O6/c1-27-5-11-40(42(51)47-27)50-43(52)35-10-8-31(24-36(35)44(50)53)54-20-4-2-3-17-49-18-14-30(15-19-49)55-32-22-33(23-32)56-41-12-7-29(25-46-41)28-6-9-34-37-26-45-16-13-38(37)48-39(34)21-28/h6-10,12-13,16,21,24-26,30,32-33,40,48H,1-5,11,14-15,17-20,22-23H2,(H,47,51). The number of pyridine rings is 2. The van der Waals surface area contributed by atoms with Crippen molar-refractivity contribution >= 4 is 39.5 Å². The zero-order chi connectivity index (χ0) is 38.2. The fraction of sp³-hybridized carbons (Fsp3) is 0.386. The molecule has 9 rings (SSSR count). The first-order valence-corrected chi connectivity index (χ1v) is 19.9. The highest BCUT2D eigenvalue weighted by Crippen LogP contribution is 2.34. The van der Waals surface area contributed by atoms with Gasteiger partial charge < -0.3 is 29.4 Å². The molecule has 1 saturated carbocycles. The van der Waals surface area contributed by atoms with Gasteiger partial charge in [-0.1, -0.05) is 18.7 Å². The topological polar surface area (TPSA) is 139 Å². The molecular formula is C44H46N6O6. The van der Waals surface area contributed by atoms with Crippen LogP contribution in [0.15, 0.2) is 85.5 Å². The number of imide groups is 1. The van der Waals surface area contributed by atoms with Gasteiger partial charge in [0, 0.05) is 83.7 Å². The first kappa shape index (κ1) is 36.1. The number of aromatic amines is 1. The molecule has 12 nitrogen and oxygen atoms in total. The van der Waals surface area contributed by atoms with E-state index in [0.717, 1.165) is 102 Å². The van der Waals surface area contributed by atoms with Crippen LogP contribution < -0.4 is 14.8 Å². The third-order valence-corrected chi connectivity index (χ3v) is 11.6. The molecule has 3 aromatic heterocycles. The third kappa shape index (κ3) is 7.38. The molecule has 2 saturated heterocycles. The van der Waals surface area contributed by atoms with Crippen LogP contribution in [-0.2, 0) is 9.53 Å². The molecule has 6 heterocycles. The van der Waals surface area contributed by atoms with E-state index in [1.807, 2.05) is 24.5 Å². The maximum Gasteiger partial charge on any atom is 0.262 e. The minimum atomic E-state index is -0.820. The number of benzene rings is 2. The predicted molar refractivity (Wildman–Crippen MR) is 211 cm³/mol. The Morgan fingerprint density at radius 2 is 1.62 bits per heavy atom. The lowest BCUT2D eigenvalue weighted by Crippen LogP contribution is -2.51. The lowest BCUT2D eigenvalue weighted by molar-refractivity contribution is -0.125. The number of allylic oxidation sites excluding steroid dienone is 1. The summed E-state index contributed by atoms with van der Waals surface area (Å²) in [5.74, 6) is -0.0497. The zero-order valence-corrected chi connectivity index (χ0v) is 31.4. The van der Waals surface area contributed by atoms with Crippen LogP contribution in [0.25, 0.3) is 32.9 Å². The van der Waals surface area contributed by atoms with E-state index in [2.05, 4.69) is 56.0 Å². The molecule has 0 spiro atoms. The molecule has 0 radical (unpaired) electrons. The van der Waals surface area contributed by atoms with Gasteiger partial charge in [0.2, 0.25) is 11.8 Å². The second-order valence-corrected chi connectivity index (χ2v) is 15.4. The van der Waals surface area contributed by atoms with Crippen molar-refractivity contribution in [1.82, 2.24) is 30.1 Å². The van der Waals surface area contributed by atoms with Gasteiger partial charge in [0.25, 0.3) is 11.8 Å². The number of nitrogens with zero attached hydrogens (tertiary/aromatic N) is 4. The first-order chi connectivity index (χ1) is 27.4. The number of aromatic nitrogens is 3. The Kier molecular flexibility index (Phi) is 9.99. The SMILES string of the molecule is C=C1CCC(N2C(=O)c3ccc(OCCCCCN4CCC(OC5CC(Oc6ccc(-c7ccc8c(c7)[nH]c7ccncc78)cn6)C5)CC4)cc3C2=O)C(=O)N1. The predicted octanol–water partition coefficient (Wildman–Crippen LogP) is 6.81.